The summed E-state index contributed by atoms with van der Waals surface area (Å²) in [5.74, 6) is 3.31. The molecule has 0 aliphatic rings. The molecule has 0 amide bonds. The van der Waals surface area contributed by atoms with Crippen molar-refractivity contribution >= 4 is 6.21 Å². The summed E-state index contributed by atoms with van der Waals surface area (Å²) >= 11 is 0. The monoisotopic (exact) mass is 413 g/mol. The van der Waals surface area contributed by atoms with Crippen molar-refractivity contribution in [3.05, 3.63) is 59.7 Å². The highest BCUT2D eigenvalue weighted by molar-refractivity contribution is 5.58. The summed E-state index contributed by atoms with van der Waals surface area (Å²) in [6.07, 6.45) is 6.29. The van der Waals surface area contributed by atoms with Crippen LogP contribution in [0.2, 0.25) is 0 Å². The summed E-state index contributed by atoms with van der Waals surface area (Å²) in [6.45, 7) is 8.13. The normalized spacial score (nSPS) is 11.1. The van der Waals surface area contributed by atoms with Crippen LogP contribution in [0.3, 0.4) is 0 Å². The zero-order valence-corrected chi connectivity index (χ0v) is 18.2. The molecule has 0 aliphatic heterocycles. The maximum atomic E-state index is 5.98. The molecule has 0 atom stereocenters. The number of benzene rings is 2. The van der Waals surface area contributed by atoms with Crippen molar-refractivity contribution in [2.75, 3.05) is 33.5 Å². The number of nitrogens with zero attached hydrogens (tertiary/aromatic N) is 1. The van der Waals surface area contributed by atoms with E-state index in [0.717, 1.165) is 40.5 Å². The van der Waals surface area contributed by atoms with Gasteiger partial charge in [0.05, 0.1) is 19.4 Å². The lowest BCUT2D eigenvalue weighted by Crippen LogP contribution is -2.07. The first kappa shape index (κ1) is 23.1. The fourth-order valence-electron chi connectivity index (χ4n) is 2.76. The lowest BCUT2D eigenvalue weighted by Gasteiger charge is -2.14. The molecule has 6 nitrogen and oxygen atoms in total. The average molecular weight is 414 g/mol. The first-order chi connectivity index (χ1) is 14.6. The van der Waals surface area contributed by atoms with Crippen LogP contribution >= 0.6 is 0 Å². The van der Waals surface area contributed by atoms with Gasteiger partial charge in [-0.05, 0) is 68.3 Å². The van der Waals surface area contributed by atoms with Gasteiger partial charge >= 0.3 is 0 Å². The van der Waals surface area contributed by atoms with E-state index in [-0.39, 0.29) is 0 Å². The van der Waals surface area contributed by atoms with Crippen LogP contribution in [0.5, 0.6) is 23.0 Å². The van der Waals surface area contributed by atoms with Gasteiger partial charge in [0, 0.05) is 6.42 Å². The lowest BCUT2D eigenvalue weighted by atomic mass is 10.1. The Morgan fingerprint density at radius 3 is 2.03 bits per heavy atom. The molecular weight excluding hydrogens is 382 g/mol. The van der Waals surface area contributed by atoms with E-state index < -0.39 is 0 Å². The van der Waals surface area contributed by atoms with Gasteiger partial charge in [0.25, 0.3) is 0 Å². The smallest absolute Gasteiger partial charge is 0.127 e. The number of ether oxygens (including phenoxy) is 4. The van der Waals surface area contributed by atoms with Crippen molar-refractivity contribution in [3.63, 3.8) is 0 Å². The number of hydrogen-bond donors (Lipinski definition) is 0. The summed E-state index contributed by atoms with van der Waals surface area (Å²) in [5.41, 5.74) is 2.13. The van der Waals surface area contributed by atoms with E-state index in [2.05, 4.69) is 9.99 Å². The molecule has 2 aromatic rings. The van der Waals surface area contributed by atoms with Crippen LogP contribution in [0.4, 0.5) is 0 Å². The molecule has 2 aromatic carbocycles. The predicted octanol–water partition coefficient (Wildman–Crippen LogP) is 5.12. The van der Waals surface area contributed by atoms with Crippen molar-refractivity contribution in [2.24, 2.45) is 5.16 Å². The standard InChI is InChI=1S/C24H31NO5/c1-5-6-13-28-23-17-19(2)24(20(3)18-23)30-15-7-14-27-21-8-10-22(11-9-21)29-16-12-25-26-4/h5-6,8-12,17-18H,7,13-16H2,1-4H3/b6-5+,25-12?. The largest absolute Gasteiger partial charge is 0.493 e. The molecular formula is C24H31NO5. The number of rotatable bonds is 13. The molecule has 0 aromatic heterocycles. The van der Waals surface area contributed by atoms with E-state index in [1.54, 1.807) is 6.21 Å². The van der Waals surface area contributed by atoms with Gasteiger partial charge < -0.3 is 23.8 Å². The van der Waals surface area contributed by atoms with Gasteiger partial charge in [-0.3, -0.25) is 0 Å². The number of oxime groups is 1. The highest BCUT2D eigenvalue weighted by Gasteiger charge is 2.07. The molecule has 0 unspecified atom stereocenters. The minimum atomic E-state index is 0.354. The lowest BCUT2D eigenvalue weighted by molar-refractivity contribution is 0.212. The molecule has 6 heteroatoms. The molecule has 0 saturated carbocycles. The third-order valence-electron chi connectivity index (χ3n) is 4.15. The average Bonchev–Trinajstić information content (AvgIpc) is 2.74. The Balaban J connectivity index is 1.71. The van der Waals surface area contributed by atoms with E-state index in [9.17, 15) is 0 Å². The van der Waals surface area contributed by atoms with Crippen LogP contribution in [0.25, 0.3) is 0 Å². The number of hydrogen-bond acceptors (Lipinski definition) is 6. The Hall–Kier alpha value is -3.15. The molecule has 0 saturated heterocycles. The summed E-state index contributed by atoms with van der Waals surface area (Å²) in [5, 5.41) is 3.62. The number of allylic oxidation sites excluding steroid dienone is 1. The Labute approximate surface area is 179 Å². The third kappa shape index (κ3) is 8.07. The van der Waals surface area contributed by atoms with Crippen LogP contribution < -0.4 is 18.9 Å². The maximum absolute atomic E-state index is 5.98. The molecule has 0 radical (unpaired) electrons. The second-order valence-electron chi connectivity index (χ2n) is 6.57. The molecule has 0 spiro atoms. The molecule has 0 fully saturated rings. The highest BCUT2D eigenvalue weighted by Crippen LogP contribution is 2.28. The molecule has 0 N–H and O–H groups in total. The van der Waals surface area contributed by atoms with Gasteiger partial charge in [-0.25, -0.2) is 0 Å². The van der Waals surface area contributed by atoms with Gasteiger partial charge in [0.1, 0.15) is 43.3 Å². The SMILES string of the molecule is C/C=C/COc1cc(C)c(OCCCOc2ccc(OCC=NOC)cc2)c(C)c1. The van der Waals surface area contributed by atoms with Crippen LogP contribution in [-0.4, -0.2) is 39.8 Å². The zero-order valence-electron chi connectivity index (χ0n) is 18.2. The second kappa shape index (κ2) is 13.1. The zero-order chi connectivity index (χ0) is 21.6. The Morgan fingerprint density at radius 1 is 0.800 bits per heavy atom. The van der Waals surface area contributed by atoms with E-state index >= 15 is 0 Å². The Kier molecular flexibility index (Phi) is 10.1. The molecule has 30 heavy (non-hydrogen) atoms. The maximum Gasteiger partial charge on any atom is 0.127 e. The summed E-state index contributed by atoms with van der Waals surface area (Å²) in [6, 6.07) is 11.5. The van der Waals surface area contributed by atoms with Crippen LogP contribution in [0, 0.1) is 13.8 Å². The van der Waals surface area contributed by atoms with Crippen LogP contribution in [-0.2, 0) is 4.84 Å². The quantitative estimate of drug-likeness (QED) is 0.197. The number of aryl methyl sites for hydroxylation is 2. The van der Waals surface area contributed by atoms with E-state index in [1.165, 1.54) is 7.11 Å². The molecule has 2 rings (SSSR count). The third-order valence-corrected chi connectivity index (χ3v) is 4.15. The topological polar surface area (TPSA) is 58.5 Å². The molecule has 162 valence electrons. The summed E-state index contributed by atoms with van der Waals surface area (Å²) < 4.78 is 23.0. The van der Waals surface area contributed by atoms with Gasteiger partial charge in [-0.1, -0.05) is 17.3 Å². The predicted molar refractivity (Wildman–Crippen MR) is 119 cm³/mol. The van der Waals surface area contributed by atoms with E-state index in [0.29, 0.717) is 26.4 Å². The summed E-state index contributed by atoms with van der Waals surface area (Å²) in [4.78, 5) is 4.58. The Bertz CT molecular complexity index is 792. The minimum Gasteiger partial charge on any atom is -0.493 e. The van der Waals surface area contributed by atoms with Gasteiger partial charge in [0.2, 0.25) is 0 Å². The minimum absolute atomic E-state index is 0.354. The first-order valence-corrected chi connectivity index (χ1v) is 10.0. The highest BCUT2D eigenvalue weighted by atomic mass is 16.6. The van der Waals surface area contributed by atoms with Crippen molar-refractivity contribution in [2.45, 2.75) is 27.2 Å². The van der Waals surface area contributed by atoms with Crippen LogP contribution in [0.15, 0.2) is 53.7 Å². The van der Waals surface area contributed by atoms with E-state index in [4.69, 9.17) is 18.9 Å². The Morgan fingerprint density at radius 2 is 1.40 bits per heavy atom. The fraction of sp³-hybridized carbons (Fsp3) is 0.375. The van der Waals surface area contributed by atoms with Crippen molar-refractivity contribution in [3.8, 4) is 23.0 Å². The first-order valence-electron chi connectivity index (χ1n) is 10.0. The molecule has 0 bridgehead atoms. The fourth-order valence-corrected chi connectivity index (χ4v) is 2.76. The van der Waals surface area contributed by atoms with Crippen molar-refractivity contribution < 1.29 is 23.8 Å². The van der Waals surface area contributed by atoms with Crippen molar-refractivity contribution in [1.82, 2.24) is 0 Å². The van der Waals surface area contributed by atoms with E-state index in [1.807, 2.05) is 69.3 Å². The van der Waals surface area contributed by atoms with Gasteiger partial charge in [-0.15, -0.1) is 0 Å². The van der Waals surface area contributed by atoms with Gasteiger partial charge in [-0.2, -0.15) is 0 Å². The van der Waals surface area contributed by atoms with Gasteiger partial charge in [0.15, 0.2) is 0 Å². The molecule has 0 heterocycles. The second-order valence-corrected chi connectivity index (χ2v) is 6.57. The summed E-state index contributed by atoms with van der Waals surface area (Å²) in [7, 11) is 1.49. The molecule has 0 aliphatic carbocycles. The van der Waals surface area contributed by atoms with Crippen LogP contribution in [0.1, 0.15) is 24.5 Å². The van der Waals surface area contributed by atoms with Crippen molar-refractivity contribution in [1.29, 1.82) is 0 Å².